The fourth-order valence-corrected chi connectivity index (χ4v) is 3.73. The largest absolute Gasteiger partial charge is 0.398 e. The van der Waals surface area contributed by atoms with Crippen molar-refractivity contribution < 1.29 is 13.2 Å². The quantitative estimate of drug-likeness (QED) is 0.597. The fraction of sp³-hybridized carbons (Fsp3) is 0.600. The molecule has 3 N–H and O–H groups in total. The molecule has 21 heavy (non-hydrogen) atoms. The van der Waals surface area contributed by atoms with E-state index in [1.165, 1.54) is 0 Å². The van der Waals surface area contributed by atoms with Crippen LogP contribution in [0.1, 0.15) is 30.5 Å². The lowest BCUT2D eigenvalue weighted by molar-refractivity contribution is 0.114. The maximum atomic E-state index is 12.4. The number of ether oxygens (including phenoxy) is 1. The number of hydrogen-bond acceptors (Lipinski definition) is 4. The van der Waals surface area contributed by atoms with E-state index in [2.05, 4.69) is 4.72 Å². The second kappa shape index (κ2) is 7.24. The van der Waals surface area contributed by atoms with Gasteiger partial charge < -0.3 is 10.5 Å². The van der Waals surface area contributed by atoms with Gasteiger partial charge in [-0.05, 0) is 43.4 Å². The average Bonchev–Trinajstić information content (AvgIpc) is 2.34. The second-order valence-electron chi connectivity index (χ2n) is 5.74. The summed E-state index contributed by atoms with van der Waals surface area (Å²) >= 11 is 0. The molecule has 0 fully saturated rings. The van der Waals surface area contributed by atoms with Crippen LogP contribution in [0.3, 0.4) is 0 Å². The Kier molecular flexibility index (Phi) is 6.19. The van der Waals surface area contributed by atoms with Gasteiger partial charge in [0.15, 0.2) is 0 Å². The topological polar surface area (TPSA) is 81.4 Å². The van der Waals surface area contributed by atoms with Crippen molar-refractivity contribution in [3.8, 4) is 0 Å². The van der Waals surface area contributed by atoms with Gasteiger partial charge >= 0.3 is 0 Å². The van der Waals surface area contributed by atoms with Crippen LogP contribution in [0.15, 0.2) is 11.0 Å². The van der Waals surface area contributed by atoms with Crippen LogP contribution in [0.2, 0.25) is 0 Å². The van der Waals surface area contributed by atoms with Crippen LogP contribution in [-0.2, 0) is 14.8 Å². The Bertz CT molecular complexity index is 595. The van der Waals surface area contributed by atoms with Gasteiger partial charge in [0.05, 0.1) is 11.5 Å². The van der Waals surface area contributed by atoms with Gasteiger partial charge in [0.25, 0.3) is 0 Å². The molecule has 0 aliphatic heterocycles. The Balaban J connectivity index is 2.82. The van der Waals surface area contributed by atoms with Crippen molar-refractivity contribution in [1.82, 2.24) is 4.72 Å². The molecular weight excluding hydrogens is 288 g/mol. The zero-order chi connectivity index (χ0) is 16.2. The minimum atomic E-state index is -3.57. The highest BCUT2D eigenvalue weighted by Crippen LogP contribution is 2.27. The summed E-state index contributed by atoms with van der Waals surface area (Å²) in [6, 6.07) is 1.80. The maximum Gasteiger partial charge on any atom is 0.241 e. The van der Waals surface area contributed by atoms with Crippen LogP contribution in [0, 0.1) is 26.7 Å². The van der Waals surface area contributed by atoms with E-state index in [1.54, 1.807) is 19.9 Å². The number of rotatable bonds is 7. The van der Waals surface area contributed by atoms with Crippen molar-refractivity contribution in [3.05, 3.63) is 22.8 Å². The van der Waals surface area contributed by atoms with Crippen LogP contribution >= 0.6 is 0 Å². The lowest BCUT2D eigenvalue weighted by Gasteiger charge is -2.16. The van der Waals surface area contributed by atoms with Crippen LogP contribution in [0.25, 0.3) is 0 Å². The molecule has 1 aromatic rings. The number of nitrogen functional groups attached to an aromatic ring is 1. The van der Waals surface area contributed by atoms with Crippen molar-refractivity contribution in [2.45, 2.75) is 39.5 Å². The molecule has 0 amide bonds. The van der Waals surface area contributed by atoms with E-state index in [9.17, 15) is 8.42 Å². The third kappa shape index (κ3) is 4.69. The summed E-state index contributed by atoms with van der Waals surface area (Å²) in [4.78, 5) is 0.273. The molecule has 1 aromatic carbocycles. The molecule has 0 heterocycles. The highest BCUT2D eigenvalue weighted by Gasteiger charge is 2.21. The standard InChI is InChI=1S/C15H26N2O3S/c1-10(2)9-20-7-6-17-21(18,19)15-12(4)8-11(3)14(16)13(15)5/h8,10,17H,6-7,9,16H2,1-5H3. The Morgan fingerprint density at radius 3 is 2.43 bits per heavy atom. The van der Waals surface area contributed by atoms with Crippen molar-refractivity contribution >= 4 is 15.7 Å². The number of benzene rings is 1. The number of sulfonamides is 1. The summed E-state index contributed by atoms with van der Waals surface area (Å²) in [6.07, 6.45) is 0. The van der Waals surface area contributed by atoms with E-state index >= 15 is 0 Å². The molecule has 0 atom stereocenters. The highest BCUT2D eigenvalue weighted by atomic mass is 32.2. The number of hydrogen-bond donors (Lipinski definition) is 2. The lowest BCUT2D eigenvalue weighted by Crippen LogP contribution is -2.29. The van der Waals surface area contributed by atoms with Crippen LogP contribution in [0.4, 0.5) is 5.69 Å². The molecule has 0 aromatic heterocycles. The van der Waals surface area contributed by atoms with Gasteiger partial charge in [-0.2, -0.15) is 0 Å². The second-order valence-corrected chi connectivity index (χ2v) is 7.45. The Morgan fingerprint density at radius 2 is 1.86 bits per heavy atom. The summed E-state index contributed by atoms with van der Waals surface area (Å²) in [7, 11) is -3.57. The van der Waals surface area contributed by atoms with Gasteiger partial charge in [-0.15, -0.1) is 0 Å². The van der Waals surface area contributed by atoms with E-state index in [1.807, 2.05) is 20.8 Å². The average molecular weight is 314 g/mol. The molecule has 0 saturated carbocycles. The van der Waals surface area contributed by atoms with Gasteiger partial charge in [0.1, 0.15) is 0 Å². The number of nitrogens with two attached hydrogens (primary N) is 1. The molecule has 120 valence electrons. The number of anilines is 1. The predicted molar refractivity (Wildman–Crippen MR) is 85.9 cm³/mol. The summed E-state index contributed by atoms with van der Waals surface area (Å²) in [6.45, 7) is 10.7. The van der Waals surface area contributed by atoms with Gasteiger partial charge in [0, 0.05) is 18.8 Å². The predicted octanol–water partition coefficient (Wildman–Crippen LogP) is 2.14. The van der Waals surface area contributed by atoms with Gasteiger partial charge in [0.2, 0.25) is 10.0 Å². The van der Waals surface area contributed by atoms with Crippen molar-refractivity contribution in [3.63, 3.8) is 0 Å². The number of aryl methyl sites for hydroxylation is 2. The summed E-state index contributed by atoms with van der Waals surface area (Å²) < 4.78 is 32.8. The third-order valence-electron chi connectivity index (χ3n) is 3.22. The Hall–Kier alpha value is -1.11. The van der Waals surface area contributed by atoms with Crippen LogP contribution in [0.5, 0.6) is 0 Å². The van der Waals surface area contributed by atoms with Crippen molar-refractivity contribution in [2.24, 2.45) is 5.92 Å². The maximum absolute atomic E-state index is 12.4. The van der Waals surface area contributed by atoms with Gasteiger partial charge in [-0.1, -0.05) is 19.9 Å². The van der Waals surface area contributed by atoms with Crippen LogP contribution in [-0.4, -0.2) is 28.2 Å². The summed E-state index contributed by atoms with van der Waals surface area (Å²) in [5, 5.41) is 0. The lowest BCUT2D eigenvalue weighted by atomic mass is 10.1. The number of nitrogens with one attached hydrogen (secondary N) is 1. The summed E-state index contributed by atoms with van der Waals surface area (Å²) in [5.74, 6) is 0.433. The minimum absolute atomic E-state index is 0.252. The molecule has 0 aliphatic carbocycles. The molecule has 0 unspecified atom stereocenters. The molecule has 0 radical (unpaired) electrons. The minimum Gasteiger partial charge on any atom is -0.398 e. The van der Waals surface area contributed by atoms with Crippen molar-refractivity contribution in [2.75, 3.05) is 25.5 Å². The SMILES string of the molecule is Cc1cc(C)c(S(=O)(=O)NCCOCC(C)C)c(C)c1N. The Morgan fingerprint density at radius 1 is 1.24 bits per heavy atom. The van der Waals surface area contributed by atoms with Gasteiger partial charge in [-0.3, -0.25) is 0 Å². The van der Waals surface area contributed by atoms with Crippen molar-refractivity contribution in [1.29, 1.82) is 0 Å². The van der Waals surface area contributed by atoms with E-state index in [-0.39, 0.29) is 11.4 Å². The molecule has 0 bridgehead atoms. The van der Waals surface area contributed by atoms with Gasteiger partial charge in [-0.25, -0.2) is 13.1 Å². The molecule has 0 saturated heterocycles. The molecule has 5 nitrogen and oxygen atoms in total. The van der Waals surface area contributed by atoms with E-state index in [0.717, 1.165) is 5.56 Å². The highest BCUT2D eigenvalue weighted by molar-refractivity contribution is 7.89. The monoisotopic (exact) mass is 314 g/mol. The molecule has 1 rings (SSSR count). The van der Waals surface area contributed by atoms with Crippen LogP contribution < -0.4 is 10.5 Å². The zero-order valence-corrected chi connectivity index (χ0v) is 14.3. The van der Waals surface area contributed by atoms with E-state index in [4.69, 9.17) is 10.5 Å². The summed E-state index contributed by atoms with van der Waals surface area (Å²) in [5.41, 5.74) is 8.66. The smallest absolute Gasteiger partial charge is 0.241 e. The molecular formula is C15H26N2O3S. The molecule has 0 spiro atoms. The first-order chi connectivity index (χ1) is 9.66. The first-order valence-corrected chi connectivity index (χ1v) is 8.58. The zero-order valence-electron chi connectivity index (χ0n) is 13.5. The molecule has 6 heteroatoms. The Labute approximate surface area is 127 Å². The first-order valence-electron chi connectivity index (χ1n) is 7.10. The first kappa shape index (κ1) is 17.9. The fourth-order valence-electron chi connectivity index (χ4n) is 2.23. The molecule has 0 aliphatic rings. The van der Waals surface area contributed by atoms with E-state index < -0.39 is 10.0 Å². The normalized spacial score (nSPS) is 12.1. The third-order valence-corrected chi connectivity index (χ3v) is 4.97. The van der Waals surface area contributed by atoms with E-state index in [0.29, 0.717) is 35.9 Å².